The second-order valence-corrected chi connectivity index (χ2v) is 4.31. The van der Waals surface area contributed by atoms with Gasteiger partial charge in [0.05, 0.1) is 6.61 Å². The molecule has 1 N–H and O–H groups in total. The third kappa shape index (κ3) is 4.11. The van der Waals surface area contributed by atoms with Gasteiger partial charge in [-0.3, -0.25) is 4.84 Å². The van der Waals surface area contributed by atoms with Gasteiger partial charge in [-0.05, 0) is 29.3 Å². The van der Waals surface area contributed by atoms with Crippen LogP contribution in [0.15, 0.2) is 48.5 Å². The summed E-state index contributed by atoms with van der Waals surface area (Å²) >= 11 is 5.75. The van der Waals surface area contributed by atoms with Crippen molar-refractivity contribution in [2.45, 2.75) is 13.2 Å². The molecule has 0 aliphatic carbocycles. The molecule has 0 heterocycles. The molecule has 0 spiro atoms. The normalized spacial score (nSPS) is 10.6. The number of nitrogens with one attached hydrogen (secondary N) is 1. The van der Waals surface area contributed by atoms with Crippen LogP contribution in [0.2, 0.25) is 5.02 Å². The maximum Gasteiger partial charge on any atom is 0.125 e. The van der Waals surface area contributed by atoms with Crippen LogP contribution in [0.25, 0.3) is 0 Å². The Morgan fingerprint density at radius 2 is 1.83 bits per heavy atom. The molecule has 2 aromatic rings. The zero-order valence-electron chi connectivity index (χ0n) is 9.70. The molecule has 0 aromatic heterocycles. The van der Waals surface area contributed by atoms with E-state index < -0.39 is 0 Å². The van der Waals surface area contributed by atoms with E-state index in [0.29, 0.717) is 18.2 Å². The summed E-state index contributed by atoms with van der Waals surface area (Å²) in [7, 11) is 0. The van der Waals surface area contributed by atoms with Crippen molar-refractivity contribution in [3.05, 3.63) is 70.5 Å². The van der Waals surface area contributed by atoms with Crippen LogP contribution < -0.4 is 5.48 Å². The second-order valence-electron chi connectivity index (χ2n) is 3.87. The van der Waals surface area contributed by atoms with E-state index in [0.717, 1.165) is 11.1 Å². The molecule has 2 rings (SSSR count). The summed E-state index contributed by atoms with van der Waals surface area (Å²) in [6.45, 7) is 0.869. The van der Waals surface area contributed by atoms with Crippen molar-refractivity contribution in [3.8, 4) is 0 Å². The van der Waals surface area contributed by atoms with Crippen LogP contribution in [0.4, 0.5) is 4.39 Å². The summed E-state index contributed by atoms with van der Waals surface area (Å²) in [5.41, 5.74) is 4.59. The van der Waals surface area contributed by atoms with E-state index in [-0.39, 0.29) is 5.82 Å². The third-order valence-corrected chi connectivity index (χ3v) is 2.60. The molecule has 0 saturated carbocycles. The first-order valence-electron chi connectivity index (χ1n) is 5.57. The Labute approximate surface area is 110 Å². The molecular weight excluding hydrogens is 253 g/mol. The van der Waals surface area contributed by atoms with Crippen LogP contribution in [-0.4, -0.2) is 0 Å². The Morgan fingerprint density at radius 3 is 2.56 bits per heavy atom. The summed E-state index contributed by atoms with van der Waals surface area (Å²) < 4.78 is 13.0. The number of hydrogen-bond donors (Lipinski definition) is 1. The Balaban J connectivity index is 1.78. The Bertz CT molecular complexity index is 484. The van der Waals surface area contributed by atoms with Crippen molar-refractivity contribution in [1.82, 2.24) is 5.48 Å². The van der Waals surface area contributed by atoms with Gasteiger partial charge in [-0.15, -0.1) is 0 Å². The SMILES string of the molecule is Fc1cc(Cl)cc(CNOCc2ccccc2)c1. The maximum atomic E-state index is 13.0. The Morgan fingerprint density at radius 1 is 1.06 bits per heavy atom. The molecule has 0 aliphatic heterocycles. The molecule has 2 aromatic carbocycles. The molecule has 18 heavy (non-hydrogen) atoms. The van der Waals surface area contributed by atoms with Crippen molar-refractivity contribution in [2.75, 3.05) is 0 Å². The smallest absolute Gasteiger partial charge is 0.125 e. The highest BCUT2D eigenvalue weighted by atomic mass is 35.5. The fourth-order valence-corrected chi connectivity index (χ4v) is 1.80. The molecule has 4 heteroatoms. The average molecular weight is 266 g/mol. The predicted molar refractivity (Wildman–Crippen MR) is 69.5 cm³/mol. The van der Waals surface area contributed by atoms with E-state index in [1.807, 2.05) is 30.3 Å². The van der Waals surface area contributed by atoms with Gasteiger partial charge in [0.25, 0.3) is 0 Å². The average Bonchev–Trinajstić information content (AvgIpc) is 2.35. The number of hydrogen-bond acceptors (Lipinski definition) is 2. The van der Waals surface area contributed by atoms with E-state index in [9.17, 15) is 4.39 Å². The van der Waals surface area contributed by atoms with Crippen molar-refractivity contribution >= 4 is 11.6 Å². The lowest BCUT2D eigenvalue weighted by Crippen LogP contribution is -2.14. The minimum Gasteiger partial charge on any atom is -0.297 e. The molecule has 0 saturated heterocycles. The highest BCUT2D eigenvalue weighted by Crippen LogP contribution is 2.13. The minimum absolute atomic E-state index is 0.345. The molecule has 94 valence electrons. The standard InChI is InChI=1S/C14H13ClFNO/c15-13-6-12(7-14(16)8-13)9-17-18-10-11-4-2-1-3-5-11/h1-8,17H,9-10H2. The first-order valence-corrected chi connectivity index (χ1v) is 5.95. The van der Waals surface area contributed by atoms with E-state index in [1.165, 1.54) is 12.1 Å². The number of hydroxylamine groups is 1. The Kier molecular flexibility index (Phi) is 4.70. The zero-order valence-corrected chi connectivity index (χ0v) is 10.5. The van der Waals surface area contributed by atoms with Gasteiger partial charge in [0, 0.05) is 11.6 Å². The fraction of sp³-hybridized carbons (Fsp3) is 0.143. The first-order chi connectivity index (χ1) is 8.74. The lowest BCUT2D eigenvalue weighted by atomic mass is 10.2. The summed E-state index contributed by atoms with van der Waals surface area (Å²) in [5.74, 6) is -0.345. The zero-order chi connectivity index (χ0) is 12.8. The predicted octanol–water partition coefficient (Wildman–Crippen LogP) is 3.70. The summed E-state index contributed by atoms with van der Waals surface area (Å²) in [5, 5.41) is 0.384. The molecule has 0 atom stereocenters. The molecule has 0 bridgehead atoms. The van der Waals surface area contributed by atoms with Gasteiger partial charge in [0.1, 0.15) is 5.82 Å². The van der Waals surface area contributed by atoms with E-state index in [4.69, 9.17) is 16.4 Å². The highest BCUT2D eigenvalue weighted by Gasteiger charge is 1.99. The summed E-state index contributed by atoms with van der Waals surface area (Å²) in [6.07, 6.45) is 0. The second kappa shape index (κ2) is 6.50. The highest BCUT2D eigenvalue weighted by molar-refractivity contribution is 6.30. The molecule has 0 amide bonds. The molecule has 0 aliphatic rings. The quantitative estimate of drug-likeness (QED) is 0.657. The largest absolute Gasteiger partial charge is 0.297 e. The molecular formula is C14H13ClFNO. The van der Waals surface area contributed by atoms with E-state index in [2.05, 4.69) is 5.48 Å². The van der Waals surface area contributed by atoms with Crippen molar-refractivity contribution < 1.29 is 9.23 Å². The minimum atomic E-state index is -0.345. The lowest BCUT2D eigenvalue weighted by Gasteiger charge is -2.06. The maximum absolute atomic E-state index is 13.0. The van der Waals surface area contributed by atoms with Crippen molar-refractivity contribution in [2.24, 2.45) is 0 Å². The van der Waals surface area contributed by atoms with Crippen LogP contribution in [0.1, 0.15) is 11.1 Å². The number of benzene rings is 2. The van der Waals surface area contributed by atoms with Gasteiger partial charge in [-0.25, -0.2) is 4.39 Å². The van der Waals surface area contributed by atoms with Gasteiger partial charge < -0.3 is 0 Å². The van der Waals surface area contributed by atoms with Gasteiger partial charge in [-0.1, -0.05) is 41.9 Å². The third-order valence-electron chi connectivity index (χ3n) is 2.38. The van der Waals surface area contributed by atoms with Gasteiger partial charge in [0.15, 0.2) is 0 Å². The topological polar surface area (TPSA) is 21.3 Å². The monoisotopic (exact) mass is 265 g/mol. The number of rotatable bonds is 5. The van der Waals surface area contributed by atoms with Gasteiger partial charge in [0.2, 0.25) is 0 Å². The molecule has 0 radical (unpaired) electrons. The van der Waals surface area contributed by atoms with Crippen LogP contribution in [0.5, 0.6) is 0 Å². The summed E-state index contributed by atoms with van der Waals surface area (Å²) in [4.78, 5) is 5.29. The van der Waals surface area contributed by atoms with Gasteiger partial charge >= 0.3 is 0 Å². The fourth-order valence-electron chi connectivity index (χ4n) is 1.56. The van der Waals surface area contributed by atoms with Crippen LogP contribution in [0.3, 0.4) is 0 Å². The first kappa shape index (κ1) is 13.0. The molecule has 0 unspecified atom stereocenters. The number of halogens is 2. The van der Waals surface area contributed by atoms with Crippen molar-refractivity contribution in [3.63, 3.8) is 0 Å². The Hall–Kier alpha value is -1.42. The summed E-state index contributed by atoms with van der Waals surface area (Å²) in [6, 6.07) is 14.2. The van der Waals surface area contributed by atoms with Crippen LogP contribution >= 0.6 is 11.6 Å². The van der Waals surface area contributed by atoms with Gasteiger partial charge in [-0.2, -0.15) is 5.48 Å². The lowest BCUT2D eigenvalue weighted by molar-refractivity contribution is 0.0235. The van der Waals surface area contributed by atoms with Crippen LogP contribution in [0, 0.1) is 5.82 Å². The van der Waals surface area contributed by atoms with E-state index in [1.54, 1.807) is 6.07 Å². The molecule has 2 nitrogen and oxygen atoms in total. The molecule has 0 fully saturated rings. The van der Waals surface area contributed by atoms with Crippen molar-refractivity contribution in [1.29, 1.82) is 0 Å². The van der Waals surface area contributed by atoms with E-state index >= 15 is 0 Å². The van der Waals surface area contributed by atoms with Crippen LogP contribution in [-0.2, 0) is 18.0 Å².